The Labute approximate surface area is 240 Å². The van der Waals surface area contributed by atoms with Crippen LogP contribution >= 0.6 is 24.5 Å². The van der Waals surface area contributed by atoms with E-state index in [-0.39, 0.29) is 18.8 Å². The molecule has 11 heteroatoms. The molecule has 0 aliphatic heterocycles. The fourth-order valence-electron chi connectivity index (χ4n) is 4.01. The summed E-state index contributed by atoms with van der Waals surface area (Å²) in [4.78, 5) is 20.0. The molecule has 2 heterocycles. The molecule has 2 N–H and O–H groups in total. The molecule has 5 rings (SSSR count). The van der Waals surface area contributed by atoms with E-state index in [1.54, 1.807) is 24.3 Å². The molecule has 0 spiro atoms. The number of carbonyl (C=O) groups excluding carboxylic acids is 1. The lowest BCUT2D eigenvalue weighted by Crippen LogP contribution is -2.17. The fourth-order valence-corrected chi connectivity index (χ4v) is 4.33. The summed E-state index contributed by atoms with van der Waals surface area (Å²) in [5.74, 6) is 1.78. The fraction of sp³-hybridized carbons (Fsp3) is 0.138. The van der Waals surface area contributed by atoms with Gasteiger partial charge in [-0.05, 0) is 66.2 Å². The van der Waals surface area contributed by atoms with Crippen LogP contribution in [0.3, 0.4) is 0 Å². The first-order valence-electron chi connectivity index (χ1n) is 12.3. The number of benzene rings is 3. The molecule has 2 aromatic heterocycles. The molecule has 3 aromatic carbocycles. The van der Waals surface area contributed by atoms with Crippen LogP contribution in [-0.4, -0.2) is 22.5 Å². The second kappa shape index (κ2) is 12.8. The van der Waals surface area contributed by atoms with E-state index in [0.29, 0.717) is 46.7 Å². The van der Waals surface area contributed by atoms with Gasteiger partial charge in [-0.1, -0.05) is 23.7 Å². The third-order valence-electron chi connectivity index (χ3n) is 5.97. The minimum absolute atomic E-state index is 0.193. The summed E-state index contributed by atoms with van der Waals surface area (Å²) in [6.45, 7) is 1.10. The molecule has 0 saturated heterocycles. The second-order valence-corrected chi connectivity index (χ2v) is 9.39. The van der Waals surface area contributed by atoms with E-state index in [1.165, 1.54) is 18.5 Å². The van der Waals surface area contributed by atoms with E-state index in [2.05, 4.69) is 37.7 Å². The van der Waals surface area contributed by atoms with Crippen molar-refractivity contribution in [1.29, 1.82) is 0 Å². The molecular weight excluding hydrogens is 555 g/mol. The van der Waals surface area contributed by atoms with E-state index in [0.717, 1.165) is 22.2 Å². The Morgan fingerprint density at radius 2 is 1.95 bits per heavy atom. The van der Waals surface area contributed by atoms with Gasteiger partial charge in [-0.3, -0.25) is 4.79 Å². The number of thiol groups is 1. The van der Waals surface area contributed by atoms with Crippen LogP contribution in [0.25, 0.3) is 22.2 Å². The van der Waals surface area contributed by atoms with Crippen LogP contribution in [0.15, 0.2) is 83.5 Å². The van der Waals surface area contributed by atoms with Crippen LogP contribution in [0.2, 0.25) is 5.02 Å². The smallest absolute Gasteiger partial charge is 0.318 e. The minimum atomic E-state index is -0.397. The summed E-state index contributed by atoms with van der Waals surface area (Å²) < 4.78 is 29.5. The van der Waals surface area contributed by atoms with Crippen LogP contribution in [-0.2, 0) is 22.1 Å². The monoisotopic (exact) mass is 578 g/mol. The van der Waals surface area contributed by atoms with Gasteiger partial charge in [0, 0.05) is 36.1 Å². The van der Waals surface area contributed by atoms with Crippen molar-refractivity contribution in [2.45, 2.75) is 19.6 Å². The number of halogens is 2. The number of furan rings is 1. The van der Waals surface area contributed by atoms with Crippen LogP contribution in [0.4, 0.5) is 15.9 Å². The highest BCUT2D eigenvalue weighted by atomic mass is 35.5. The maximum absolute atomic E-state index is 13.4. The summed E-state index contributed by atoms with van der Waals surface area (Å²) in [6, 6.07) is 21.1. The number of carbonyl (C=O) groups is 1. The third kappa shape index (κ3) is 6.90. The number of hydrogen-bond acceptors (Lipinski definition) is 9. The lowest BCUT2D eigenvalue weighted by atomic mass is 10.1. The lowest BCUT2D eigenvalue weighted by molar-refractivity contribution is -0.132. The van der Waals surface area contributed by atoms with E-state index in [1.807, 2.05) is 36.4 Å². The van der Waals surface area contributed by atoms with Gasteiger partial charge in [-0.15, -0.1) is 0 Å². The zero-order valence-corrected chi connectivity index (χ0v) is 22.7. The molecule has 204 valence electrons. The highest BCUT2D eigenvalue weighted by Crippen LogP contribution is 2.32. The Bertz CT molecular complexity index is 1650. The number of nitrogens with one attached hydrogen (secondary N) is 2. The number of nitrogens with zero attached hydrogens (tertiary/aromatic N) is 2. The average molecular weight is 579 g/mol. The number of ether oxygens (including phenoxy) is 1. The van der Waals surface area contributed by atoms with E-state index in [9.17, 15) is 9.18 Å². The second-order valence-electron chi connectivity index (χ2n) is 8.80. The summed E-state index contributed by atoms with van der Waals surface area (Å²) >= 11 is 9.96. The van der Waals surface area contributed by atoms with Crippen LogP contribution in [0, 0.1) is 5.82 Å². The van der Waals surface area contributed by atoms with Crippen molar-refractivity contribution < 1.29 is 22.5 Å². The first-order valence-corrected chi connectivity index (χ1v) is 13.1. The number of fused-ring (bicyclic) bond motifs is 1. The van der Waals surface area contributed by atoms with Gasteiger partial charge in [0.25, 0.3) is 0 Å². The van der Waals surface area contributed by atoms with Crippen molar-refractivity contribution in [3.63, 3.8) is 0 Å². The molecular formula is C29H24ClFN4O4S. The molecule has 0 fully saturated rings. The molecule has 40 heavy (non-hydrogen) atoms. The topological polar surface area (TPSA) is 98.5 Å². The molecule has 0 saturated carbocycles. The molecule has 5 aromatic rings. The highest BCUT2D eigenvalue weighted by molar-refractivity contribution is 7.75. The third-order valence-corrected chi connectivity index (χ3v) is 6.47. The van der Waals surface area contributed by atoms with Crippen LogP contribution < -0.4 is 15.4 Å². The molecule has 0 aliphatic carbocycles. The van der Waals surface area contributed by atoms with Gasteiger partial charge in [0.1, 0.15) is 41.8 Å². The number of hydrogen-bond donors (Lipinski definition) is 3. The summed E-state index contributed by atoms with van der Waals surface area (Å²) in [7, 11) is 0. The molecule has 0 radical (unpaired) electrons. The summed E-state index contributed by atoms with van der Waals surface area (Å²) in [5, 5.41) is 7.63. The molecule has 0 unspecified atom stereocenters. The Balaban J connectivity index is 1.28. The molecule has 0 amide bonds. The lowest BCUT2D eigenvalue weighted by Gasteiger charge is -2.12. The van der Waals surface area contributed by atoms with Crippen molar-refractivity contribution in [2.24, 2.45) is 0 Å². The van der Waals surface area contributed by atoms with Crippen molar-refractivity contribution in [3.8, 4) is 17.1 Å². The zero-order valence-electron chi connectivity index (χ0n) is 21.1. The molecule has 0 bridgehead atoms. The van der Waals surface area contributed by atoms with Crippen molar-refractivity contribution in [1.82, 2.24) is 15.3 Å². The highest BCUT2D eigenvalue weighted by Gasteiger charge is 2.11. The van der Waals surface area contributed by atoms with Crippen molar-refractivity contribution in [3.05, 3.63) is 101 Å². The van der Waals surface area contributed by atoms with Crippen molar-refractivity contribution >= 4 is 52.9 Å². The zero-order chi connectivity index (χ0) is 27.9. The van der Waals surface area contributed by atoms with Gasteiger partial charge < -0.3 is 24.0 Å². The number of aromatic nitrogens is 2. The van der Waals surface area contributed by atoms with Gasteiger partial charge in [-0.2, -0.15) is 0 Å². The molecule has 8 nitrogen and oxygen atoms in total. The van der Waals surface area contributed by atoms with Gasteiger partial charge in [-0.25, -0.2) is 14.4 Å². The van der Waals surface area contributed by atoms with Gasteiger partial charge in [0.15, 0.2) is 0 Å². The Hall–Kier alpha value is -4.12. The van der Waals surface area contributed by atoms with Crippen LogP contribution in [0.1, 0.15) is 17.7 Å². The van der Waals surface area contributed by atoms with E-state index >= 15 is 0 Å². The normalized spacial score (nSPS) is 11.0. The molecule has 0 atom stereocenters. The average Bonchev–Trinajstić information content (AvgIpc) is 3.44. The first-order chi connectivity index (χ1) is 19.5. The largest absolute Gasteiger partial charge is 0.487 e. The maximum Gasteiger partial charge on any atom is 0.318 e. The van der Waals surface area contributed by atoms with Crippen molar-refractivity contribution in [2.75, 3.05) is 11.9 Å². The summed E-state index contributed by atoms with van der Waals surface area (Å²) in [6.07, 6.45) is 1.70. The summed E-state index contributed by atoms with van der Waals surface area (Å²) in [5.41, 5.74) is 3.03. The Morgan fingerprint density at radius 3 is 2.77 bits per heavy atom. The van der Waals surface area contributed by atoms with Crippen LogP contribution in [0.5, 0.6) is 5.75 Å². The predicted molar refractivity (Wildman–Crippen MR) is 154 cm³/mol. The van der Waals surface area contributed by atoms with E-state index in [4.69, 9.17) is 20.8 Å². The minimum Gasteiger partial charge on any atom is -0.487 e. The maximum atomic E-state index is 13.4. The Morgan fingerprint density at radius 1 is 1.05 bits per heavy atom. The van der Waals surface area contributed by atoms with E-state index < -0.39 is 5.97 Å². The Kier molecular flexibility index (Phi) is 8.80. The SMILES string of the molecule is O=C(CCNCc1ccc(-c2ccc3ncnc(Nc4ccc(OCc5cccc(F)c5)c(Cl)c4)c3c2)o1)OS. The standard InChI is InChI=1S/C29H24ClFN4O4S/c30-24-14-21(5-8-27(24)37-16-18-2-1-3-20(31)12-18)35-29-23-13-19(4-7-25(23)33-17-34-29)26-9-6-22(38-26)15-32-11-10-28(36)39-40/h1-9,12-14,17,32,40H,10-11,15-16H2,(H,33,34,35). The predicted octanol–water partition coefficient (Wildman–Crippen LogP) is 6.87. The number of rotatable bonds is 11. The number of anilines is 2. The van der Waals surface area contributed by atoms with Gasteiger partial charge >= 0.3 is 5.97 Å². The van der Waals surface area contributed by atoms with Gasteiger partial charge in [0.2, 0.25) is 0 Å². The quantitative estimate of drug-likeness (QED) is 0.0887. The molecule has 0 aliphatic rings. The van der Waals surface area contributed by atoms with Gasteiger partial charge in [0.05, 0.1) is 23.5 Å². The first kappa shape index (κ1) is 27.4.